The predicted octanol–water partition coefficient (Wildman–Crippen LogP) is 2.57. The second-order valence-electron chi connectivity index (χ2n) is 7.36. The molecule has 0 saturated carbocycles. The lowest BCUT2D eigenvalue weighted by Gasteiger charge is -2.33. The van der Waals surface area contributed by atoms with Gasteiger partial charge in [-0.25, -0.2) is 8.42 Å². The van der Waals surface area contributed by atoms with E-state index in [4.69, 9.17) is 0 Å². The maximum Gasteiger partial charge on any atom is 0.243 e. The second kappa shape index (κ2) is 9.26. The van der Waals surface area contributed by atoms with Crippen LogP contribution in [0, 0.1) is 0 Å². The van der Waals surface area contributed by atoms with Crippen LogP contribution in [-0.2, 0) is 34.5 Å². The standard InChI is InChI=1S/C21H25N3O3S.ClH/c25-21(23-13-16-9-10-17-14-22-15-18(17)12-16)20-8-4-5-11-24(20)28(26,27)19-6-2-1-3-7-19;/h1-3,6-7,9-10,12,20,22H,4-5,8,11,13-15H2,(H,23,25);1H. The Labute approximate surface area is 178 Å². The molecule has 1 fully saturated rings. The number of piperidine rings is 1. The number of rotatable bonds is 5. The number of hydrogen-bond acceptors (Lipinski definition) is 4. The van der Waals surface area contributed by atoms with Gasteiger partial charge < -0.3 is 10.6 Å². The van der Waals surface area contributed by atoms with Crippen LogP contribution in [0.25, 0.3) is 0 Å². The highest BCUT2D eigenvalue weighted by atomic mass is 35.5. The SMILES string of the molecule is Cl.O=C(NCc1ccc2c(c1)CNC2)C1CCCCN1S(=O)(=O)c1ccccc1. The third-order valence-corrected chi connectivity index (χ3v) is 7.40. The van der Waals surface area contributed by atoms with Crippen LogP contribution in [0.3, 0.4) is 0 Å². The molecule has 2 aliphatic heterocycles. The minimum atomic E-state index is -3.68. The van der Waals surface area contributed by atoms with Crippen LogP contribution in [0.5, 0.6) is 0 Å². The molecule has 0 radical (unpaired) electrons. The van der Waals surface area contributed by atoms with E-state index in [-0.39, 0.29) is 23.2 Å². The maximum atomic E-state index is 13.0. The van der Waals surface area contributed by atoms with Crippen LogP contribution in [0.4, 0.5) is 0 Å². The van der Waals surface area contributed by atoms with Gasteiger partial charge in [-0.05, 0) is 41.7 Å². The van der Waals surface area contributed by atoms with E-state index in [0.29, 0.717) is 19.5 Å². The topological polar surface area (TPSA) is 78.5 Å². The molecule has 2 heterocycles. The molecule has 4 rings (SSSR count). The number of nitrogens with zero attached hydrogens (tertiary/aromatic N) is 1. The Morgan fingerprint density at radius 3 is 2.62 bits per heavy atom. The van der Waals surface area contributed by atoms with Crippen molar-refractivity contribution >= 4 is 28.3 Å². The lowest BCUT2D eigenvalue weighted by molar-refractivity contribution is -0.125. The molecular formula is C21H26ClN3O3S. The van der Waals surface area contributed by atoms with Gasteiger partial charge in [0.05, 0.1) is 4.90 Å². The number of nitrogens with one attached hydrogen (secondary N) is 2. The zero-order valence-corrected chi connectivity index (χ0v) is 17.8. The van der Waals surface area contributed by atoms with Crippen LogP contribution in [0.2, 0.25) is 0 Å². The normalized spacial score (nSPS) is 19.2. The molecule has 2 aliphatic rings. The minimum absolute atomic E-state index is 0. The number of fused-ring (bicyclic) bond motifs is 1. The largest absolute Gasteiger partial charge is 0.351 e. The molecule has 0 aliphatic carbocycles. The van der Waals surface area contributed by atoms with E-state index >= 15 is 0 Å². The molecule has 2 aromatic rings. The van der Waals surface area contributed by atoms with Gasteiger partial charge in [-0.1, -0.05) is 42.8 Å². The van der Waals surface area contributed by atoms with Crippen LogP contribution in [0.1, 0.15) is 36.0 Å². The number of halogens is 1. The summed E-state index contributed by atoms with van der Waals surface area (Å²) in [5.41, 5.74) is 3.59. The van der Waals surface area contributed by atoms with Crippen molar-refractivity contribution in [3.63, 3.8) is 0 Å². The van der Waals surface area contributed by atoms with Crippen LogP contribution < -0.4 is 10.6 Å². The molecular weight excluding hydrogens is 410 g/mol. The summed E-state index contributed by atoms with van der Waals surface area (Å²) >= 11 is 0. The van der Waals surface area contributed by atoms with Crippen molar-refractivity contribution in [2.24, 2.45) is 0 Å². The number of sulfonamides is 1. The molecule has 1 unspecified atom stereocenters. The van der Waals surface area contributed by atoms with Crippen molar-refractivity contribution in [2.75, 3.05) is 6.54 Å². The highest BCUT2D eigenvalue weighted by Gasteiger charge is 2.37. The molecule has 6 nitrogen and oxygen atoms in total. The summed E-state index contributed by atoms with van der Waals surface area (Å²) in [6.45, 7) is 2.51. The van der Waals surface area contributed by atoms with Gasteiger partial charge in [0.25, 0.3) is 0 Å². The van der Waals surface area contributed by atoms with Gasteiger partial charge in [0.15, 0.2) is 0 Å². The first-order valence-corrected chi connectivity index (χ1v) is 11.2. The molecule has 2 aromatic carbocycles. The summed E-state index contributed by atoms with van der Waals surface area (Å²) in [5, 5.41) is 6.26. The van der Waals surface area contributed by atoms with E-state index in [1.807, 2.05) is 6.07 Å². The average Bonchev–Trinajstić information content (AvgIpc) is 3.20. The van der Waals surface area contributed by atoms with Crippen molar-refractivity contribution in [3.8, 4) is 0 Å². The van der Waals surface area contributed by atoms with Crippen LogP contribution in [-0.4, -0.2) is 31.2 Å². The lowest BCUT2D eigenvalue weighted by Crippen LogP contribution is -2.51. The van der Waals surface area contributed by atoms with Crippen molar-refractivity contribution in [1.29, 1.82) is 0 Å². The number of benzene rings is 2. The smallest absolute Gasteiger partial charge is 0.243 e. The number of carbonyl (C=O) groups is 1. The average molecular weight is 436 g/mol. The second-order valence-corrected chi connectivity index (χ2v) is 9.26. The quantitative estimate of drug-likeness (QED) is 0.756. The lowest BCUT2D eigenvalue weighted by atomic mass is 10.0. The monoisotopic (exact) mass is 435 g/mol. The molecule has 8 heteroatoms. The zero-order valence-electron chi connectivity index (χ0n) is 16.1. The Morgan fingerprint density at radius 2 is 1.83 bits per heavy atom. The first-order chi connectivity index (χ1) is 13.6. The van der Waals surface area contributed by atoms with Crippen LogP contribution in [0.15, 0.2) is 53.4 Å². The Morgan fingerprint density at radius 1 is 1.07 bits per heavy atom. The van der Waals surface area contributed by atoms with Gasteiger partial charge in [0.2, 0.25) is 15.9 Å². The Kier molecular flexibility index (Phi) is 6.95. The van der Waals surface area contributed by atoms with Gasteiger partial charge in [-0.15, -0.1) is 12.4 Å². The van der Waals surface area contributed by atoms with E-state index in [0.717, 1.165) is 31.5 Å². The zero-order chi connectivity index (χ0) is 19.6. The van der Waals surface area contributed by atoms with Gasteiger partial charge >= 0.3 is 0 Å². The summed E-state index contributed by atoms with van der Waals surface area (Å²) < 4.78 is 27.5. The highest BCUT2D eigenvalue weighted by Crippen LogP contribution is 2.25. The number of hydrogen-bond donors (Lipinski definition) is 2. The fourth-order valence-electron chi connectivity index (χ4n) is 3.95. The summed E-state index contributed by atoms with van der Waals surface area (Å²) in [4.78, 5) is 13.1. The maximum absolute atomic E-state index is 13.0. The van der Waals surface area contributed by atoms with Crippen molar-refractivity contribution in [2.45, 2.75) is 49.8 Å². The highest BCUT2D eigenvalue weighted by molar-refractivity contribution is 7.89. The summed E-state index contributed by atoms with van der Waals surface area (Å²) in [7, 11) is -3.68. The van der Waals surface area contributed by atoms with Crippen LogP contribution >= 0.6 is 12.4 Å². The molecule has 2 N–H and O–H groups in total. The van der Waals surface area contributed by atoms with Crippen molar-refractivity contribution in [3.05, 3.63) is 65.2 Å². The number of amides is 1. The van der Waals surface area contributed by atoms with Crippen molar-refractivity contribution in [1.82, 2.24) is 14.9 Å². The molecule has 1 amide bonds. The Bertz CT molecular complexity index is 966. The summed E-state index contributed by atoms with van der Waals surface area (Å²) in [5.74, 6) is -0.224. The Balaban J connectivity index is 0.00000240. The van der Waals surface area contributed by atoms with E-state index in [1.54, 1.807) is 30.3 Å². The van der Waals surface area contributed by atoms with Gasteiger partial charge in [0.1, 0.15) is 6.04 Å². The molecule has 1 saturated heterocycles. The first kappa shape index (κ1) is 21.8. The molecule has 29 heavy (non-hydrogen) atoms. The third kappa shape index (κ3) is 4.64. The van der Waals surface area contributed by atoms with E-state index in [2.05, 4.69) is 22.8 Å². The van der Waals surface area contributed by atoms with Crippen molar-refractivity contribution < 1.29 is 13.2 Å². The molecule has 1 atom stereocenters. The fraction of sp³-hybridized carbons (Fsp3) is 0.381. The summed E-state index contributed by atoms with van der Waals surface area (Å²) in [6, 6.07) is 13.9. The summed E-state index contributed by atoms with van der Waals surface area (Å²) in [6.07, 6.45) is 2.17. The van der Waals surface area contributed by atoms with Gasteiger partial charge in [-0.3, -0.25) is 4.79 Å². The molecule has 0 bridgehead atoms. The predicted molar refractivity (Wildman–Crippen MR) is 114 cm³/mol. The van der Waals surface area contributed by atoms with E-state index in [9.17, 15) is 13.2 Å². The fourth-order valence-corrected chi connectivity index (χ4v) is 5.63. The van der Waals surface area contributed by atoms with Gasteiger partial charge in [0, 0.05) is 26.2 Å². The third-order valence-electron chi connectivity index (χ3n) is 5.47. The molecule has 0 spiro atoms. The first-order valence-electron chi connectivity index (χ1n) is 9.72. The molecule has 0 aromatic heterocycles. The molecule has 156 valence electrons. The van der Waals surface area contributed by atoms with Gasteiger partial charge in [-0.2, -0.15) is 4.31 Å². The van der Waals surface area contributed by atoms with E-state index in [1.165, 1.54) is 15.4 Å². The number of carbonyl (C=O) groups excluding carboxylic acids is 1. The minimum Gasteiger partial charge on any atom is -0.351 e. The van der Waals surface area contributed by atoms with E-state index < -0.39 is 16.1 Å². The Hall–Kier alpha value is -1.93.